The molecule has 2 heterocycles. The fraction of sp³-hybridized carbons (Fsp3) is 0.308. The van der Waals surface area contributed by atoms with E-state index in [0.717, 1.165) is 4.90 Å². The maximum atomic E-state index is 11.9. The van der Waals surface area contributed by atoms with Gasteiger partial charge < -0.3 is 25.1 Å². The molecule has 0 saturated carbocycles. The van der Waals surface area contributed by atoms with E-state index < -0.39 is 47.4 Å². The number of esters is 1. The first-order valence-electron chi connectivity index (χ1n) is 11.5. The summed E-state index contributed by atoms with van der Waals surface area (Å²) in [4.78, 5) is 75.0. The molecule has 210 valence electrons. The first-order chi connectivity index (χ1) is 18.2. The van der Waals surface area contributed by atoms with Gasteiger partial charge in [-0.1, -0.05) is 60.7 Å². The van der Waals surface area contributed by atoms with Gasteiger partial charge in [0.1, 0.15) is 12.1 Å². The summed E-state index contributed by atoms with van der Waals surface area (Å²) < 4.78 is 4.58. The molecular weight excluding hydrogens is 523 g/mol. The Labute approximate surface area is 242 Å². The number of aliphatic carboxylic acids is 1. The zero-order valence-corrected chi connectivity index (χ0v) is 22.3. The Morgan fingerprint density at radius 3 is 1.35 bits per heavy atom. The van der Waals surface area contributed by atoms with Crippen LogP contribution in [0.5, 0.6) is 0 Å². The SMILES string of the molecule is COC(=O)[C@@H]1CCN1C(=O)C(=O)c1ccccc1.COO.O=C(C(=O)N1CC[C@H]1C(=O)O)c1ccccc1.[Li+].[OH-]. The first kappa shape index (κ1) is 36.1. The number of methoxy groups -OCH3 is 1. The van der Waals surface area contributed by atoms with Crippen molar-refractivity contribution >= 4 is 35.3 Å². The number of benzene rings is 2. The van der Waals surface area contributed by atoms with Gasteiger partial charge in [0.05, 0.1) is 14.2 Å². The smallest absolute Gasteiger partial charge is 0.870 e. The molecule has 4 rings (SSSR count). The predicted octanol–water partition coefficient (Wildman–Crippen LogP) is -1.87. The number of carboxylic acids is 1. The molecular formula is C26H29LiN2O11. The maximum Gasteiger partial charge on any atom is 1.00 e. The van der Waals surface area contributed by atoms with Gasteiger partial charge in [0.2, 0.25) is 11.6 Å². The van der Waals surface area contributed by atoms with Gasteiger partial charge >= 0.3 is 30.8 Å². The van der Waals surface area contributed by atoms with E-state index in [1.54, 1.807) is 48.5 Å². The van der Waals surface area contributed by atoms with E-state index in [4.69, 9.17) is 10.4 Å². The number of hydrogen-bond acceptors (Lipinski definition) is 10. The Morgan fingerprint density at radius 2 is 1.07 bits per heavy atom. The number of likely N-dealkylation sites (tertiary alicyclic amines) is 2. The summed E-state index contributed by atoms with van der Waals surface area (Å²) in [7, 11) is 2.45. The van der Waals surface area contributed by atoms with Crippen molar-refractivity contribution in [2.75, 3.05) is 27.3 Å². The summed E-state index contributed by atoms with van der Waals surface area (Å²) in [6.07, 6.45) is 0.948. The molecule has 2 amide bonds. The third kappa shape index (κ3) is 9.11. The number of ketones is 2. The van der Waals surface area contributed by atoms with Crippen LogP contribution in [0.1, 0.15) is 33.6 Å². The second-order valence-electron chi connectivity index (χ2n) is 8.04. The minimum atomic E-state index is -1.06. The second kappa shape index (κ2) is 17.7. The molecule has 0 spiro atoms. The number of amides is 2. The molecule has 14 heteroatoms. The summed E-state index contributed by atoms with van der Waals surface area (Å²) >= 11 is 0. The molecule has 13 nitrogen and oxygen atoms in total. The standard InChI is InChI=1S/C13H13NO4.C12H11NO4.CH4O2.Li.H2O/c1-18-13(17)10-7-8-14(10)12(16)11(15)9-5-3-2-4-6-9;14-10(8-4-2-1-3-5-8)11(15)13-7-6-9(13)12(16)17;1-3-2;;/h2-6,10H,7-8H2,1H3;1-5,9H,6-7H2,(H,16,17);2H,1H3;;1H2/q;;;+1;/p-1/t10-;9-;;;/m00.../s1. The number of Topliss-reactive ketones (excluding diaryl/α,β-unsaturated/α-hetero) is 2. The maximum absolute atomic E-state index is 11.9. The number of ether oxygens (including phenoxy) is 1. The summed E-state index contributed by atoms with van der Waals surface area (Å²) in [5.41, 5.74) is 0.617. The van der Waals surface area contributed by atoms with Crippen molar-refractivity contribution in [1.82, 2.24) is 9.80 Å². The second-order valence-corrected chi connectivity index (χ2v) is 8.04. The van der Waals surface area contributed by atoms with Crippen molar-refractivity contribution in [3.8, 4) is 0 Å². The van der Waals surface area contributed by atoms with Crippen LogP contribution in [0.15, 0.2) is 60.7 Å². The molecule has 40 heavy (non-hydrogen) atoms. The van der Waals surface area contributed by atoms with Crippen LogP contribution in [0.4, 0.5) is 0 Å². The normalized spacial score (nSPS) is 16.3. The molecule has 0 bridgehead atoms. The Kier molecular flexibility index (Phi) is 16.0. The molecule has 2 aromatic carbocycles. The Hall–Kier alpha value is -3.86. The van der Waals surface area contributed by atoms with Crippen molar-refractivity contribution in [3.05, 3.63) is 71.8 Å². The summed E-state index contributed by atoms with van der Waals surface area (Å²) in [6.45, 7) is 0.742. The number of hydrogen-bond donors (Lipinski definition) is 2. The molecule has 2 aromatic rings. The molecule has 0 aliphatic carbocycles. The van der Waals surface area contributed by atoms with Gasteiger partial charge in [0, 0.05) is 24.2 Å². The fourth-order valence-electron chi connectivity index (χ4n) is 3.59. The Balaban J connectivity index is 0.000000663. The number of carbonyl (C=O) groups excluding carboxylic acids is 5. The topological polar surface area (TPSA) is 198 Å². The minimum Gasteiger partial charge on any atom is -0.870 e. The van der Waals surface area contributed by atoms with Crippen LogP contribution >= 0.6 is 0 Å². The fourth-order valence-corrected chi connectivity index (χ4v) is 3.59. The third-order valence-electron chi connectivity index (χ3n) is 5.78. The van der Waals surface area contributed by atoms with Gasteiger partial charge in [-0.2, -0.15) is 0 Å². The van der Waals surface area contributed by atoms with E-state index in [0.29, 0.717) is 31.5 Å². The van der Waals surface area contributed by atoms with Crippen LogP contribution in [0.3, 0.4) is 0 Å². The quantitative estimate of drug-likeness (QED) is 0.102. The number of nitrogens with zero attached hydrogens (tertiary/aromatic N) is 2. The average molecular weight is 552 g/mol. The Morgan fingerprint density at radius 1 is 0.725 bits per heavy atom. The van der Waals surface area contributed by atoms with Crippen LogP contribution in [-0.2, 0) is 28.8 Å². The van der Waals surface area contributed by atoms with Crippen molar-refractivity contribution in [2.45, 2.75) is 24.9 Å². The number of carbonyl (C=O) groups is 6. The number of rotatable bonds is 6. The summed E-state index contributed by atoms with van der Waals surface area (Å²) in [5.74, 6) is -4.18. The Bertz CT molecular complexity index is 1160. The van der Waals surface area contributed by atoms with Crippen LogP contribution in [-0.4, -0.2) is 100 Å². The zero-order valence-electron chi connectivity index (χ0n) is 22.3. The van der Waals surface area contributed by atoms with E-state index in [1.807, 2.05) is 0 Å². The van der Waals surface area contributed by atoms with E-state index in [1.165, 1.54) is 31.3 Å². The minimum absolute atomic E-state index is 0. The monoisotopic (exact) mass is 552 g/mol. The van der Waals surface area contributed by atoms with Crippen LogP contribution in [0, 0.1) is 0 Å². The van der Waals surface area contributed by atoms with E-state index in [2.05, 4.69) is 9.62 Å². The summed E-state index contributed by atoms with van der Waals surface area (Å²) in [6, 6.07) is 15.0. The van der Waals surface area contributed by atoms with Crippen molar-refractivity contribution in [1.29, 1.82) is 0 Å². The molecule has 0 aromatic heterocycles. The molecule has 3 N–H and O–H groups in total. The van der Waals surface area contributed by atoms with Crippen molar-refractivity contribution in [2.24, 2.45) is 0 Å². The van der Waals surface area contributed by atoms with Gasteiger partial charge in [-0.05, 0) is 12.8 Å². The van der Waals surface area contributed by atoms with E-state index in [9.17, 15) is 28.8 Å². The van der Waals surface area contributed by atoms with Gasteiger partial charge in [-0.3, -0.25) is 24.4 Å². The predicted molar refractivity (Wildman–Crippen MR) is 133 cm³/mol. The molecule has 2 fully saturated rings. The van der Waals surface area contributed by atoms with Gasteiger partial charge in [-0.25, -0.2) is 14.5 Å². The van der Waals surface area contributed by atoms with E-state index in [-0.39, 0.29) is 29.9 Å². The molecule has 2 atom stereocenters. The number of carboxylic acid groups (broad SMARTS) is 1. The van der Waals surface area contributed by atoms with Crippen molar-refractivity contribution in [3.63, 3.8) is 0 Å². The largest absolute Gasteiger partial charge is 1.00 e. The molecule has 2 aliphatic heterocycles. The van der Waals surface area contributed by atoms with Gasteiger partial charge in [0.15, 0.2) is 0 Å². The molecule has 0 unspecified atom stereocenters. The zero-order chi connectivity index (χ0) is 28.2. The van der Waals surface area contributed by atoms with Crippen molar-refractivity contribution < 1.29 is 73.1 Å². The average Bonchev–Trinajstić information content (AvgIpc) is 2.87. The van der Waals surface area contributed by atoms with E-state index >= 15 is 0 Å². The third-order valence-corrected chi connectivity index (χ3v) is 5.78. The van der Waals surface area contributed by atoms with Crippen LogP contribution in [0.25, 0.3) is 0 Å². The van der Waals surface area contributed by atoms with Gasteiger partial charge in [-0.15, -0.1) is 0 Å². The molecule has 2 aliphatic rings. The van der Waals surface area contributed by atoms with Gasteiger partial charge in [0.25, 0.3) is 11.8 Å². The molecule has 2 saturated heterocycles. The summed E-state index contributed by atoms with van der Waals surface area (Å²) in [5, 5.41) is 15.9. The van der Waals surface area contributed by atoms with Crippen LogP contribution < -0.4 is 18.9 Å². The first-order valence-corrected chi connectivity index (χ1v) is 11.5. The molecule has 0 radical (unpaired) electrons. The van der Waals surface area contributed by atoms with Crippen LogP contribution in [0.2, 0.25) is 0 Å².